The van der Waals surface area contributed by atoms with Gasteiger partial charge in [0.1, 0.15) is 28.2 Å². The lowest BCUT2D eigenvalue weighted by molar-refractivity contribution is -0.145. The molecule has 2 fully saturated rings. The number of rotatable bonds is 4. The highest BCUT2D eigenvalue weighted by Gasteiger charge is 2.61. The molecule has 6 rings (SSSR count). The number of hydrogen-bond donors (Lipinski definition) is 3. The van der Waals surface area contributed by atoms with Crippen LogP contribution in [0.3, 0.4) is 0 Å². The molecule has 41 heavy (non-hydrogen) atoms. The van der Waals surface area contributed by atoms with Crippen molar-refractivity contribution >= 4 is 39.3 Å². The summed E-state index contributed by atoms with van der Waals surface area (Å²) < 4.78 is 6.38. The highest BCUT2D eigenvalue weighted by atomic mass is 32.1. The van der Waals surface area contributed by atoms with E-state index in [0.29, 0.717) is 30.2 Å². The van der Waals surface area contributed by atoms with Gasteiger partial charge in [0.2, 0.25) is 17.7 Å². The molecule has 3 aromatic rings. The van der Waals surface area contributed by atoms with Gasteiger partial charge in [-0.15, -0.1) is 11.3 Å². The molecule has 4 N–H and O–H groups in total. The minimum atomic E-state index is -1.36. The fourth-order valence-corrected chi connectivity index (χ4v) is 6.48. The van der Waals surface area contributed by atoms with Gasteiger partial charge in [-0.3, -0.25) is 14.6 Å². The summed E-state index contributed by atoms with van der Waals surface area (Å²) in [7, 11) is 0. The molecule has 1 saturated heterocycles. The number of carbonyl (C=O) groups is 3. The summed E-state index contributed by atoms with van der Waals surface area (Å²) in [5, 5.41) is 15.4. The summed E-state index contributed by atoms with van der Waals surface area (Å²) in [6.45, 7) is 0.128. The Kier molecular flexibility index (Phi) is 7.43. The van der Waals surface area contributed by atoms with Crippen molar-refractivity contribution in [3.63, 3.8) is 0 Å². The van der Waals surface area contributed by atoms with Gasteiger partial charge >= 0.3 is 5.97 Å². The number of hydrogen-bond acceptors (Lipinski definition) is 9. The third-order valence-electron chi connectivity index (χ3n) is 8.12. The highest BCUT2D eigenvalue weighted by Crippen LogP contribution is 2.45. The van der Waals surface area contributed by atoms with E-state index in [9.17, 15) is 19.5 Å². The topological polar surface area (TPSA) is 161 Å². The van der Waals surface area contributed by atoms with E-state index in [1.807, 2.05) is 41.8 Å². The lowest BCUT2D eigenvalue weighted by atomic mass is 10.1. The molecule has 0 spiro atoms. The van der Waals surface area contributed by atoms with Crippen LogP contribution in [-0.2, 0) is 14.4 Å². The van der Waals surface area contributed by atoms with Gasteiger partial charge in [0.25, 0.3) is 0 Å². The van der Waals surface area contributed by atoms with Crippen molar-refractivity contribution in [1.82, 2.24) is 25.2 Å². The first-order valence-electron chi connectivity index (χ1n) is 14.0. The molecule has 3 aliphatic rings. The van der Waals surface area contributed by atoms with Crippen molar-refractivity contribution in [2.45, 2.75) is 68.7 Å². The Bertz CT molecular complexity index is 1500. The molecule has 2 amide bonds. The largest absolute Gasteiger partial charge is 0.479 e. The number of carboxylic acids is 1. The molecule has 1 saturated carbocycles. The molecule has 214 valence electrons. The number of aliphatic carboxylic acids is 1. The van der Waals surface area contributed by atoms with E-state index in [1.54, 1.807) is 6.20 Å². The Hall–Kier alpha value is -3.90. The van der Waals surface area contributed by atoms with Gasteiger partial charge < -0.3 is 25.8 Å². The monoisotopic (exact) mass is 576 g/mol. The molecule has 3 aromatic heterocycles. The van der Waals surface area contributed by atoms with E-state index in [-0.39, 0.29) is 24.8 Å². The zero-order valence-corrected chi connectivity index (χ0v) is 23.3. The summed E-state index contributed by atoms with van der Waals surface area (Å²) in [5.74, 6) is -1.45. The second-order valence-corrected chi connectivity index (χ2v) is 11.8. The second-order valence-electron chi connectivity index (χ2n) is 10.9. The first kappa shape index (κ1) is 27.3. The number of nitrogens with zero attached hydrogens (tertiary/aromatic N) is 4. The molecule has 0 radical (unpaired) electrons. The molecule has 0 bridgehead atoms. The van der Waals surface area contributed by atoms with E-state index in [4.69, 9.17) is 10.5 Å². The molecule has 11 nitrogen and oxygen atoms in total. The van der Waals surface area contributed by atoms with Crippen molar-refractivity contribution in [3.05, 3.63) is 48.0 Å². The summed E-state index contributed by atoms with van der Waals surface area (Å²) in [4.78, 5) is 55.2. The predicted molar refractivity (Wildman–Crippen MR) is 152 cm³/mol. The number of carbonyl (C=O) groups excluding carboxylic acids is 2. The van der Waals surface area contributed by atoms with Crippen molar-refractivity contribution in [1.29, 1.82) is 0 Å². The summed E-state index contributed by atoms with van der Waals surface area (Å²) in [6, 6.07) is 5.67. The van der Waals surface area contributed by atoms with E-state index < -0.39 is 35.6 Å². The van der Waals surface area contributed by atoms with E-state index >= 15 is 0 Å². The molecule has 0 unspecified atom stereocenters. The number of pyridine rings is 1. The smallest absolute Gasteiger partial charge is 0.330 e. The molecule has 1 aliphatic carbocycles. The van der Waals surface area contributed by atoms with Crippen LogP contribution >= 0.6 is 11.3 Å². The Morgan fingerprint density at radius 1 is 1.20 bits per heavy atom. The van der Waals surface area contributed by atoms with Gasteiger partial charge in [0, 0.05) is 18.5 Å². The minimum Gasteiger partial charge on any atom is -0.479 e. The first-order chi connectivity index (χ1) is 19.9. The number of nitrogens with two attached hydrogens (primary N) is 1. The summed E-state index contributed by atoms with van der Waals surface area (Å²) >= 11 is 1.45. The van der Waals surface area contributed by atoms with Crippen molar-refractivity contribution < 1.29 is 24.2 Å². The Morgan fingerprint density at radius 3 is 2.88 bits per heavy atom. The molecular formula is C29H32N6O5S. The molecule has 5 heterocycles. The SMILES string of the molecule is N[C@H]1CCCCCC=C[C@@H]2C[C@@]2(C(=O)O)NC(=O)[C@@H]2C[C@@H](Oc3nc(-c4ccccn4)nc4sccc34)CN2C1=O. The van der Waals surface area contributed by atoms with Crippen LogP contribution in [0.25, 0.3) is 21.7 Å². The molecule has 5 atom stereocenters. The first-order valence-corrected chi connectivity index (χ1v) is 14.8. The third-order valence-corrected chi connectivity index (χ3v) is 8.93. The van der Waals surface area contributed by atoms with E-state index in [1.165, 1.54) is 16.2 Å². The van der Waals surface area contributed by atoms with Crippen molar-refractivity contribution in [2.24, 2.45) is 11.7 Å². The lowest BCUT2D eigenvalue weighted by Gasteiger charge is -2.27. The van der Waals surface area contributed by atoms with Crippen LogP contribution in [-0.4, -0.2) is 73.0 Å². The van der Waals surface area contributed by atoms with Crippen LogP contribution in [0.5, 0.6) is 5.88 Å². The van der Waals surface area contributed by atoms with Gasteiger partial charge in [-0.25, -0.2) is 9.78 Å². The number of thiophene rings is 1. The average molecular weight is 577 g/mol. The Balaban J connectivity index is 1.29. The Morgan fingerprint density at radius 2 is 2.07 bits per heavy atom. The molecule has 0 aromatic carbocycles. The summed E-state index contributed by atoms with van der Waals surface area (Å²) in [6.07, 6.45) is 9.44. The number of amides is 2. The number of aromatic nitrogens is 3. The lowest BCUT2D eigenvalue weighted by Crippen LogP contribution is -2.55. The van der Waals surface area contributed by atoms with Gasteiger partial charge in [-0.2, -0.15) is 4.98 Å². The van der Waals surface area contributed by atoms with E-state index in [0.717, 1.165) is 35.9 Å². The zero-order valence-electron chi connectivity index (χ0n) is 22.4. The van der Waals surface area contributed by atoms with Crippen LogP contribution in [0.15, 0.2) is 48.0 Å². The fourth-order valence-electron chi connectivity index (χ4n) is 5.73. The van der Waals surface area contributed by atoms with Crippen LogP contribution in [0, 0.1) is 5.92 Å². The zero-order chi connectivity index (χ0) is 28.6. The predicted octanol–water partition coefficient (Wildman–Crippen LogP) is 2.91. The normalized spacial score (nSPS) is 28.8. The highest BCUT2D eigenvalue weighted by molar-refractivity contribution is 7.16. The van der Waals surface area contributed by atoms with Crippen LogP contribution < -0.4 is 15.8 Å². The number of ether oxygens (including phenoxy) is 1. The second kappa shape index (κ2) is 11.2. The summed E-state index contributed by atoms with van der Waals surface area (Å²) in [5.41, 5.74) is 5.55. The third kappa shape index (κ3) is 5.41. The standard InChI is InChI=1S/C29H32N6O5S/c30-20-9-5-3-1-2-4-8-17-15-29(17,28(38)39)34-24(36)22-14-18(16-35(22)27(20)37)40-25-19-11-13-41-26(19)33-23(32-25)21-10-6-7-12-31-21/h4,6-8,10-13,17-18,20,22H,1-3,5,9,14-16,30H2,(H,34,36)(H,38,39)/t17-,18-,20+,22+,29-/m1/s1. The minimum absolute atomic E-state index is 0.128. The number of fused-ring (bicyclic) bond motifs is 3. The van der Waals surface area contributed by atoms with Gasteiger partial charge in [-0.1, -0.05) is 31.1 Å². The maximum Gasteiger partial charge on any atom is 0.330 e. The van der Waals surface area contributed by atoms with Gasteiger partial charge in [0.15, 0.2) is 5.82 Å². The maximum atomic E-state index is 13.6. The van der Waals surface area contributed by atoms with Crippen LogP contribution in [0.4, 0.5) is 0 Å². The van der Waals surface area contributed by atoms with Crippen LogP contribution in [0.1, 0.15) is 44.9 Å². The Labute approximate surface area is 240 Å². The number of nitrogens with one attached hydrogen (secondary N) is 1. The van der Waals surface area contributed by atoms with Crippen molar-refractivity contribution in [3.8, 4) is 17.4 Å². The van der Waals surface area contributed by atoms with Crippen molar-refractivity contribution in [2.75, 3.05) is 6.54 Å². The number of allylic oxidation sites excluding steroid dienone is 1. The van der Waals surface area contributed by atoms with Crippen LogP contribution in [0.2, 0.25) is 0 Å². The van der Waals surface area contributed by atoms with E-state index in [2.05, 4.69) is 20.3 Å². The molecular weight excluding hydrogens is 544 g/mol. The molecule has 12 heteroatoms. The van der Waals surface area contributed by atoms with Gasteiger partial charge in [-0.05, 0) is 49.3 Å². The number of carboxylic acid groups (broad SMARTS) is 1. The fraction of sp³-hybridized carbons (Fsp3) is 0.448. The maximum absolute atomic E-state index is 13.6. The quantitative estimate of drug-likeness (QED) is 0.397. The van der Waals surface area contributed by atoms with Gasteiger partial charge in [0.05, 0.1) is 18.0 Å². The molecule has 2 aliphatic heterocycles. The average Bonchev–Trinajstić information content (AvgIpc) is 3.27.